The molecule has 0 aliphatic heterocycles. The highest BCUT2D eigenvalue weighted by molar-refractivity contribution is 5.98. The van der Waals surface area contributed by atoms with Crippen molar-refractivity contribution in [3.8, 4) is 0 Å². The summed E-state index contributed by atoms with van der Waals surface area (Å²) >= 11 is 0. The normalized spacial score (nSPS) is 11.3. The maximum Gasteiger partial charge on any atom is 0.216 e. The van der Waals surface area contributed by atoms with Crippen molar-refractivity contribution in [1.82, 2.24) is 10.2 Å². The molecule has 0 radical (unpaired) electrons. The van der Waals surface area contributed by atoms with Crippen LogP contribution < -0.4 is 0 Å². The highest BCUT2D eigenvalue weighted by Gasteiger charge is 2.14. The minimum absolute atomic E-state index is 0.0751. The number of nitrogens with zero attached hydrogens (tertiary/aromatic N) is 1. The second-order valence-electron chi connectivity index (χ2n) is 5.14. The average Bonchev–Trinajstić information content (AvgIpc) is 2.94. The molecule has 0 unspecified atom stereocenters. The van der Waals surface area contributed by atoms with Crippen molar-refractivity contribution in [1.29, 1.82) is 5.41 Å². The molecule has 0 bridgehead atoms. The standard InChI is InChI=1S/C18H15F2N3O/c1-2-24-18(21)13-9-14-16(22-23-17(14)10-15(13)20)7-6-11-4-3-5-12(19)8-11/h3-10,21H,2H2,1H3,(H,22,23). The van der Waals surface area contributed by atoms with Crippen molar-refractivity contribution in [2.45, 2.75) is 6.92 Å². The number of ether oxygens (including phenoxy) is 1. The largest absolute Gasteiger partial charge is 0.478 e. The molecule has 3 rings (SSSR count). The van der Waals surface area contributed by atoms with Gasteiger partial charge in [-0.3, -0.25) is 10.5 Å². The summed E-state index contributed by atoms with van der Waals surface area (Å²) in [6.45, 7) is 2.02. The van der Waals surface area contributed by atoms with Crippen LogP contribution in [-0.4, -0.2) is 22.7 Å². The van der Waals surface area contributed by atoms with Crippen LogP contribution in [0.15, 0.2) is 36.4 Å². The minimum atomic E-state index is -0.551. The molecular weight excluding hydrogens is 312 g/mol. The zero-order chi connectivity index (χ0) is 17.1. The Balaban J connectivity index is 2.00. The van der Waals surface area contributed by atoms with E-state index in [4.69, 9.17) is 10.1 Å². The van der Waals surface area contributed by atoms with E-state index in [-0.39, 0.29) is 23.9 Å². The molecule has 0 aliphatic rings. The van der Waals surface area contributed by atoms with Crippen molar-refractivity contribution in [3.05, 3.63) is 64.9 Å². The lowest BCUT2D eigenvalue weighted by Gasteiger charge is -2.06. The van der Waals surface area contributed by atoms with E-state index >= 15 is 0 Å². The zero-order valence-electron chi connectivity index (χ0n) is 12.9. The maximum atomic E-state index is 14.1. The Bertz CT molecular complexity index is 931. The highest BCUT2D eigenvalue weighted by atomic mass is 19.1. The van der Waals surface area contributed by atoms with Crippen LogP contribution in [0.4, 0.5) is 8.78 Å². The number of halogens is 2. The summed E-state index contributed by atoms with van der Waals surface area (Å²) in [6, 6.07) is 8.97. The molecule has 6 heteroatoms. The van der Waals surface area contributed by atoms with Gasteiger partial charge in [0, 0.05) is 11.5 Å². The Morgan fingerprint density at radius 2 is 2.08 bits per heavy atom. The van der Waals surface area contributed by atoms with E-state index in [1.807, 2.05) is 0 Å². The molecule has 1 heterocycles. The molecule has 0 saturated carbocycles. The molecule has 0 spiro atoms. The third-order valence-electron chi connectivity index (χ3n) is 3.50. The van der Waals surface area contributed by atoms with Crippen molar-refractivity contribution >= 4 is 29.0 Å². The van der Waals surface area contributed by atoms with Gasteiger partial charge in [0.15, 0.2) is 0 Å². The number of aromatic nitrogens is 2. The van der Waals surface area contributed by atoms with Crippen molar-refractivity contribution in [3.63, 3.8) is 0 Å². The molecule has 122 valence electrons. The minimum Gasteiger partial charge on any atom is -0.478 e. The SMILES string of the molecule is CCOC(=N)c1cc2c(C=Cc3cccc(F)c3)n[nH]c2cc1F. The fourth-order valence-corrected chi connectivity index (χ4v) is 2.37. The van der Waals surface area contributed by atoms with Crippen molar-refractivity contribution in [2.24, 2.45) is 0 Å². The van der Waals surface area contributed by atoms with Gasteiger partial charge < -0.3 is 4.74 Å². The summed E-state index contributed by atoms with van der Waals surface area (Å²) in [5.74, 6) is -1.10. The van der Waals surface area contributed by atoms with Gasteiger partial charge in [-0.2, -0.15) is 5.10 Å². The van der Waals surface area contributed by atoms with Crippen LogP contribution in [0.2, 0.25) is 0 Å². The van der Waals surface area contributed by atoms with Crippen molar-refractivity contribution in [2.75, 3.05) is 6.61 Å². The van der Waals surface area contributed by atoms with Gasteiger partial charge in [-0.15, -0.1) is 0 Å². The Kier molecular flexibility index (Phi) is 4.37. The van der Waals surface area contributed by atoms with E-state index in [1.165, 1.54) is 24.3 Å². The molecule has 3 aromatic rings. The maximum absolute atomic E-state index is 14.1. The van der Waals surface area contributed by atoms with Gasteiger partial charge in [-0.1, -0.05) is 18.2 Å². The third-order valence-corrected chi connectivity index (χ3v) is 3.50. The summed E-state index contributed by atoms with van der Waals surface area (Å²) in [5.41, 5.74) is 1.85. The molecule has 2 aromatic carbocycles. The first kappa shape index (κ1) is 15.9. The van der Waals surface area contributed by atoms with Crippen LogP contribution in [-0.2, 0) is 4.74 Å². The quantitative estimate of drug-likeness (QED) is 0.552. The summed E-state index contributed by atoms with van der Waals surface area (Å²) in [6.07, 6.45) is 3.43. The second kappa shape index (κ2) is 6.62. The van der Waals surface area contributed by atoms with Crippen LogP contribution >= 0.6 is 0 Å². The number of benzene rings is 2. The molecule has 0 fully saturated rings. The lowest BCUT2D eigenvalue weighted by atomic mass is 10.1. The van der Waals surface area contributed by atoms with Gasteiger partial charge in [0.25, 0.3) is 0 Å². The first-order chi connectivity index (χ1) is 11.6. The Morgan fingerprint density at radius 1 is 1.25 bits per heavy atom. The fourth-order valence-electron chi connectivity index (χ4n) is 2.37. The lowest BCUT2D eigenvalue weighted by Crippen LogP contribution is -2.07. The molecule has 1 aromatic heterocycles. The number of fused-ring (bicyclic) bond motifs is 1. The summed E-state index contributed by atoms with van der Waals surface area (Å²) in [5, 5.41) is 15.3. The Morgan fingerprint density at radius 3 is 2.83 bits per heavy atom. The Labute approximate surface area is 137 Å². The molecule has 0 atom stereocenters. The lowest BCUT2D eigenvalue weighted by molar-refractivity contribution is 0.324. The number of nitrogens with one attached hydrogen (secondary N) is 2. The molecule has 2 N–H and O–H groups in total. The average molecular weight is 327 g/mol. The van der Waals surface area contributed by atoms with Gasteiger partial charge in [-0.05, 0) is 36.8 Å². The predicted octanol–water partition coefficient (Wildman–Crippen LogP) is 4.37. The van der Waals surface area contributed by atoms with Gasteiger partial charge >= 0.3 is 0 Å². The first-order valence-electron chi connectivity index (χ1n) is 7.41. The second-order valence-corrected chi connectivity index (χ2v) is 5.14. The van der Waals surface area contributed by atoms with Gasteiger partial charge in [0.1, 0.15) is 11.6 Å². The van der Waals surface area contributed by atoms with Crippen LogP contribution in [0, 0.1) is 17.0 Å². The molecule has 0 saturated heterocycles. The van der Waals surface area contributed by atoms with E-state index < -0.39 is 5.82 Å². The molecule has 0 amide bonds. The summed E-state index contributed by atoms with van der Waals surface area (Å²) < 4.78 is 32.3. The topological polar surface area (TPSA) is 61.8 Å². The fraction of sp³-hybridized carbons (Fsp3) is 0.111. The van der Waals surface area contributed by atoms with E-state index in [1.54, 1.807) is 31.2 Å². The zero-order valence-corrected chi connectivity index (χ0v) is 12.9. The van der Waals surface area contributed by atoms with Gasteiger partial charge in [0.2, 0.25) is 5.90 Å². The summed E-state index contributed by atoms with van der Waals surface area (Å²) in [7, 11) is 0. The molecular formula is C18H15F2N3O. The molecule has 0 aliphatic carbocycles. The third kappa shape index (κ3) is 3.17. The summed E-state index contributed by atoms with van der Waals surface area (Å²) in [4.78, 5) is 0. The highest BCUT2D eigenvalue weighted by Crippen LogP contribution is 2.23. The smallest absolute Gasteiger partial charge is 0.216 e. The first-order valence-corrected chi connectivity index (χ1v) is 7.41. The van der Waals surface area contributed by atoms with E-state index in [0.717, 1.165) is 0 Å². The van der Waals surface area contributed by atoms with Crippen LogP contribution in [0.25, 0.3) is 23.1 Å². The van der Waals surface area contributed by atoms with Crippen molar-refractivity contribution < 1.29 is 13.5 Å². The molecule has 24 heavy (non-hydrogen) atoms. The number of H-pyrrole nitrogens is 1. The number of hydrogen-bond acceptors (Lipinski definition) is 3. The van der Waals surface area contributed by atoms with Gasteiger partial charge in [0.05, 0.1) is 23.4 Å². The molecule has 4 nitrogen and oxygen atoms in total. The number of rotatable bonds is 4. The van der Waals surface area contributed by atoms with E-state index in [0.29, 0.717) is 22.2 Å². The van der Waals surface area contributed by atoms with Crippen LogP contribution in [0.5, 0.6) is 0 Å². The van der Waals surface area contributed by atoms with Crippen LogP contribution in [0.3, 0.4) is 0 Å². The van der Waals surface area contributed by atoms with E-state index in [9.17, 15) is 8.78 Å². The Hall–Kier alpha value is -3.02. The van der Waals surface area contributed by atoms with Crippen LogP contribution in [0.1, 0.15) is 23.7 Å². The number of aromatic amines is 1. The monoisotopic (exact) mass is 327 g/mol. The van der Waals surface area contributed by atoms with Gasteiger partial charge in [-0.25, -0.2) is 8.78 Å². The predicted molar refractivity (Wildman–Crippen MR) is 89.8 cm³/mol. The van der Waals surface area contributed by atoms with E-state index in [2.05, 4.69) is 10.2 Å². The number of hydrogen-bond donors (Lipinski definition) is 2.